The van der Waals surface area contributed by atoms with Gasteiger partial charge < -0.3 is 15.4 Å². The van der Waals surface area contributed by atoms with Gasteiger partial charge in [-0.25, -0.2) is 0 Å². The molecule has 1 aliphatic heterocycles. The van der Waals surface area contributed by atoms with Crippen LogP contribution in [-0.2, 0) is 0 Å². The number of ether oxygens (including phenoxy) is 1. The first-order valence-electron chi connectivity index (χ1n) is 6.61. The van der Waals surface area contributed by atoms with Gasteiger partial charge in [0, 0.05) is 12.6 Å². The molecule has 1 aliphatic rings. The Morgan fingerprint density at radius 1 is 1.28 bits per heavy atom. The lowest BCUT2D eigenvalue weighted by atomic mass is 10.1. The summed E-state index contributed by atoms with van der Waals surface area (Å²) in [4.78, 5) is 2.46. The Labute approximate surface area is 114 Å². The van der Waals surface area contributed by atoms with Crippen molar-refractivity contribution in [2.75, 3.05) is 26.2 Å². The summed E-state index contributed by atoms with van der Waals surface area (Å²) < 4.78 is 5.67. The number of halogens is 1. The Bertz CT molecular complexity index is 365. The van der Waals surface area contributed by atoms with Crippen LogP contribution in [-0.4, -0.2) is 37.2 Å². The highest BCUT2D eigenvalue weighted by atomic mass is 35.5. The summed E-state index contributed by atoms with van der Waals surface area (Å²) in [6, 6.07) is 8.01. The maximum absolute atomic E-state index is 6.02. The molecule has 1 aromatic rings. The van der Waals surface area contributed by atoms with Crippen LogP contribution in [0.2, 0.25) is 5.02 Å². The normalized spacial score (nSPS) is 17.9. The summed E-state index contributed by atoms with van der Waals surface area (Å²) >= 11 is 6.02. The van der Waals surface area contributed by atoms with Crippen LogP contribution in [0, 0.1) is 0 Å². The summed E-state index contributed by atoms with van der Waals surface area (Å²) in [6.07, 6.45) is 3.26. The highest BCUT2D eigenvalue weighted by Crippen LogP contribution is 2.23. The van der Waals surface area contributed by atoms with Gasteiger partial charge in [-0.15, -0.1) is 0 Å². The number of likely N-dealkylation sites (tertiary alicyclic amines) is 1. The number of hydrogen-bond acceptors (Lipinski definition) is 3. The number of benzene rings is 1. The average Bonchev–Trinajstić information content (AvgIpc) is 2.39. The van der Waals surface area contributed by atoms with Crippen molar-refractivity contribution in [1.82, 2.24) is 4.90 Å². The van der Waals surface area contributed by atoms with E-state index in [2.05, 4.69) is 4.90 Å². The molecule has 0 unspecified atom stereocenters. The van der Waals surface area contributed by atoms with E-state index in [4.69, 9.17) is 22.1 Å². The monoisotopic (exact) mass is 268 g/mol. The van der Waals surface area contributed by atoms with Crippen LogP contribution < -0.4 is 10.5 Å². The van der Waals surface area contributed by atoms with Crippen molar-refractivity contribution in [3.63, 3.8) is 0 Å². The number of para-hydroxylation sites is 1. The molecule has 1 aromatic carbocycles. The fourth-order valence-electron chi connectivity index (χ4n) is 2.21. The molecule has 2 rings (SSSR count). The lowest BCUT2D eigenvalue weighted by Gasteiger charge is -2.29. The third-order valence-corrected chi connectivity index (χ3v) is 3.66. The predicted molar refractivity (Wildman–Crippen MR) is 75.2 cm³/mol. The summed E-state index contributed by atoms with van der Waals surface area (Å²) in [5.74, 6) is 0.778. The Hall–Kier alpha value is -0.770. The van der Waals surface area contributed by atoms with E-state index in [1.807, 2.05) is 24.3 Å². The molecule has 4 heteroatoms. The molecule has 2 N–H and O–H groups in total. The van der Waals surface area contributed by atoms with Gasteiger partial charge in [-0.3, -0.25) is 0 Å². The number of nitrogens with zero attached hydrogens (tertiary/aromatic N) is 1. The Balaban J connectivity index is 1.63. The van der Waals surface area contributed by atoms with Crippen LogP contribution in [0.4, 0.5) is 0 Å². The van der Waals surface area contributed by atoms with Crippen molar-refractivity contribution in [2.45, 2.75) is 25.3 Å². The van der Waals surface area contributed by atoms with Crippen molar-refractivity contribution in [2.24, 2.45) is 5.73 Å². The summed E-state index contributed by atoms with van der Waals surface area (Å²) in [5, 5.41) is 0.682. The van der Waals surface area contributed by atoms with Gasteiger partial charge in [0.15, 0.2) is 0 Å². The molecule has 0 atom stereocenters. The first-order valence-corrected chi connectivity index (χ1v) is 6.99. The van der Waals surface area contributed by atoms with Crippen LogP contribution in [0.1, 0.15) is 19.3 Å². The van der Waals surface area contributed by atoms with E-state index in [1.165, 1.54) is 0 Å². The van der Waals surface area contributed by atoms with Gasteiger partial charge >= 0.3 is 0 Å². The molecule has 0 amide bonds. The molecule has 1 saturated heterocycles. The second-order valence-electron chi connectivity index (χ2n) is 4.81. The van der Waals surface area contributed by atoms with Crippen LogP contribution in [0.15, 0.2) is 24.3 Å². The second kappa shape index (κ2) is 6.98. The fourth-order valence-corrected chi connectivity index (χ4v) is 2.40. The standard InChI is InChI=1S/C14H21ClN2O/c15-13-4-1-2-5-14(13)18-11-3-8-17-9-6-12(16)7-10-17/h1-2,4-5,12H,3,6-11,16H2. The van der Waals surface area contributed by atoms with Crippen LogP contribution in [0.3, 0.4) is 0 Å². The van der Waals surface area contributed by atoms with Crippen molar-refractivity contribution in [1.29, 1.82) is 0 Å². The van der Waals surface area contributed by atoms with E-state index in [1.54, 1.807) is 0 Å². The SMILES string of the molecule is NC1CCN(CCCOc2ccccc2Cl)CC1. The van der Waals surface area contributed by atoms with Crippen molar-refractivity contribution in [3.05, 3.63) is 29.3 Å². The van der Waals surface area contributed by atoms with Crippen molar-refractivity contribution < 1.29 is 4.74 Å². The molecule has 0 radical (unpaired) electrons. The molecule has 1 heterocycles. The van der Waals surface area contributed by atoms with Crippen LogP contribution in [0.25, 0.3) is 0 Å². The second-order valence-corrected chi connectivity index (χ2v) is 5.22. The van der Waals surface area contributed by atoms with Gasteiger partial charge in [0.05, 0.1) is 11.6 Å². The predicted octanol–water partition coefficient (Wildman–Crippen LogP) is 2.53. The quantitative estimate of drug-likeness (QED) is 0.834. The van der Waals surface area contributed by atoms with E-state index in [0.717, 1.165) is 44.6 Å². The molecule has 0 spiro atoms. The minimum absolute atomic E-state index is 0.403. The average molecular weight is 269 g/mol. The Kier molecular flexibility index (Phi) is 5.29. The Morgan fingerprint density at radius 2 is 2.00 bits per heavy atom. The molecular formula is C14H21ClN2O. The fraction of sp³-hybridized carbons (Fsp3) is 0.571. The molecule has 100 valence electrons. The highest BCUT2D eigenvalue weighted by molar-refractivity contribution is 6.32. The molecule has 0 bridgehead atoms. The van der Waals surface area contributed by atoms with E-state index in [9.17, 15) is 0 Å². The molecular weight excluding hydrogens is 248 g/mol. The summed E-state index contributed by atoms with van der Waals surface area (Å²) in [7, 11) is 0. The van der Waals surface area contributed by atoms with Gasteiger partial charge in [-0.2, -0.15) is 0 Å². The molecule has 0 aromatic heterocycles. The third-order valence-electron chi connectivity index (χ3n) is 3.35. The lowest BCUT2D eigenvalue weighted by molar-refractivity contribution is 0.194. The number of piperidine rings is 1. The first kappa shape index (κ1) is 13.7. The summed E-state index contributed by atoms with van der Waals surface area (Å²) in [6.45, 7) is 4.03. The van der Waals surface area contributed by atoms with Gasteiger partial charge in [-0.1, -0.05) is 23.7 Å². The molecule has 3 nitrogen and oxygen atoms in total. The topological polar surface area (TPSA) is 38.5 Å². The van der Waals surface area contributed by atoms with Crippen LogP contribution in [0.5, 0.6) is 5.75 Å². The minimum atomic E-state index is 0.403. The number of nitrogens with two attached hydrogens (primary N) is 1. The molecule has 0 aliphatic carbocycles. The van der Waals surface area contributed by atoms with Gasteiger partial charge in [0.2, 0.25) is 0 Å². The zero-order valence-electron chi connectivity index (χ0n) is 10.6. The first-order chi connectivity index (χ1) is 8.75. The zero-order chi connectivity index (χ0) is 12.8. The molecule has 18 heavy (non-hydrogen) atoms. The number of rotatable bonds is 5. The highest BCUT2D eigenvalue weighted by Gasteiger charge is 2.15. The third kappa shape index (κ3) is 4.16. The van der Waals surface area contributed by atoms with E-state index >= 15 is 0 Å². The number of hydrogen-bond donors (Lipinski definition) is 1. The zero-order valence-corrected chi connectivity index (χ0v) is 11.4. The van der Waals surface area contributed by atoms with Gasteiger partial charge in [0.1, 0.15) is 5.75 Å². The van der Waals surface area contributed by atoms with Crippen molar-refractivity contribution >= 4 is 11.6 Å². The summed E-state index contributed by atoms with van der Waals surface area (Å²) in [5.41, 5.74) is 5.88. The smallest absolute Gasteiger partial charge is 0.137 e. The maximum atomic E-state index is 6.02. The van der Waals surface area contributed by atoms with Gasteiger partial charge in [-0.05, 0) is 44.5 Å². The van der Waals surface area contributed by atoms with E-state index < -0.39 is 0 Å². The van der Waals surface area contributed by atoms with E-state index in [0.29, 0.717) is 17.7 Å². The largest absolute Gasteiger partial charge is 0.492 e. The molecule has 0 saturated carbocycles. The van der Waals surface area contributed by atoms with Crippen molar-refractivity contribution in [3.8, 4) is 5.75 Å². The van der Waals surface area contributed by atoms with Gasteiger partial charge in [0.25, 0.3) is 0 Å². The van der Waals surface area contributed by atoms with Crippen LogP contribution >= 0.6 is 11.6 Å². The maximum Gasteiger partial charge on any atom is 0.137 e. The lowest BCUT2D eigenvalue weighted by Crippen LogP contribution is -2.40. The minimum Gasteiger partial charge on any atom is -0.492 e. The van der Waals surface area contributed by atoms with E-state index in [-0.39, 0.29) is 0 Å². The Morgan fingerprint density at radius 3 is 2.72 bits per heavy atom. The molecule has 1 fully saturated rings.